The van der Waals surface area contributed by atoms with Crippen molar-refractivity contribution in [1.82, 2.24) is 0 Å². The third-order valence-corrected chi connectivity index (χ3v) is 3.57. The summed E-state index contributed by atoms with van der Waals surface area (Å²) < 4.78 is 5.28. The highest BCUT2D eigenvalue weighted by molar-refractivity contribution is 5.95. The summed E-state index contributed by atoms with van der Waals surface area (Å²) in [4.78, 5) is 2.02. The first-order valence-electron chi connectivity index (χ1n) is 6.46. The van der Waals surface area contributed by atoms with Crippen molar-refractivity contribution in [3.63, 3.8) is 0 Å². The lowest BCUT2D eigenvalue weighted by Crippen LogP contribution is -2.45. The monoisotopic (exact) mass is 263 g/mol. The van der Waals surface area contributed by atoms with Crippen molar-refractivity contribution in [2.24, 2.45) is 5.73 Å². The van der Waals surface area contributed by atoms with E-state index in [9.17, 15) is 5.11 Å². The molecule has 1 aliphatic rings. The third-order valence-electron chi connectivity index (χ3n) is 3.57. The van der Waals surface area contributed by atoms with Crippen LogP contribution in [0.5, 0.6) is 0 Å². The smallest absolute Gasteiger partial charge is 0.122 e. The van der Waals surface area contributed by atoms with Crippen molar-refractivity contribution in [3.8, 4) is 0 Å². The molecule has 0 spiro atoms. The van der Waals surface area contributed by atoms with Gasteiger partial charge in [0.2, 0.25) is 0 Å². The molecule has 0 amide bonds. The van der Waals surface area contributed by atoms with Gasteiger partial charge in [-0.2, -0.15) is 0 Å². The highest BCUT2D eigenvalue weighted by Gasteiger charge is 2.31. The van der Waals surface area contributed by atoms with Crippen molar-refractivity contribution < 1.29 is 9.84 Å². The van der Waals surface area contributed by atoms with Crippen LogP contribution in [0.3, 0.4) is 0 Å². The summed E-state index contributed by atoms with van der Waals surface area (Å²) >= 11 is 0. The summed E-state index contributed by atoms with van der Waals surface area (Å²) in [5.41, 5.74) is 6.47. The average molecular weight is 263 g/mol. The topological polar surface area (TPSA) is 82.6 Å². The number of likely N-dealkylation sites (N-methyl/N-ethyl adjacent to an activating group) is 1. The summed E-state index contributed by atoms with van der Waals surface area (Å²) in [6.45, 7) is 1.82. The molecular weight excluding hydrogens is 242 g/mol. The number of ether oxygens (including phenoxy) is 1. The second kappa shape index (κ2) is 5.59. The fraction of sp³-hybridized carbons (Fsp3) is 0.500. The number of hydrogen-bond donors (Lipinski definition) is 3. The lowest BCUT2D eigenvalue weighted by molar-refractivity contribution is -0.0572. The SMILES string of the molecule is CN(CC1(O)CCOCC1)c1ccc(C(=N)N)cc1. The van der Waals surface area contributed by atoms with E-state index in [4.69, 9.17) is 15.9 Å². The van der Waals surface area contributed by atoms with Crippen LogP contribution in [0.2, 0.25) is 0 Å². The van der Waals surface area contributed by atoms with Crippen LogP contribution >= 0.6 is 0 Å². The molecule has 1 aliphatic heterocycles. The van der Waals surface area contributed by atoms with Crippen molar-refractivity contribution in [3.05, 3.63) is 29.8 Å². The zero-order chi connectivity index (χ0) is 13.9. The molecule has 5 nitrogen and oxygen atoms in total. The number of nitrogen functional groups attached to an aromatic ring is 1. The molecule has 0 radical (unpaired) electrons. The summed E-state index contributed by atoms with van der Waals surface area (Å²) in [6, 6.07) is 7.48. The van der Waals surface area contributed by atoms with E-state index in [2.05, 4.69) is 0 Å². The van der Waals surface area contributed by atoms with Crippen LogP contribution in [0.15, 0.2) is 24.3 Å². The number of benzene rings is 1. The maximum atomic E-state index is 10.5. The zero-order valence-electron chi connectivity index (χ0n) is 11.2. The molecule has 0 unspecified atom stereocenters. The molecule has 2 rings (SSSR count). The van der Waals surface area contributed by atoms with Crippen molar-refractivity contribution in [2.45, 2.75) is 18.4 Å². The summed E-state index contributed by atoms with van der Waals surface area (Å²) in [5, 5.41) is 17.8. The van der Waals surface area contributed by atoms with E-state index in [1.807, 2.05) is 36.2 Å². The first-order valence-corrected chi connectivity index (χ1v) is 6.46. The Labute approximate surface area is 113 Å². The maximum Gasteiger partial charge on any atom is 0.122 e. The van der Waals surface area contributed by atoms with Gasteiger partial charge < -0.3 is 20.5 Å². The van der Waals surface area contributed by atoms with Crippen molar-refractivity contribution >= 4 is 11.5 Å². The Hall–Kier alpha value is -1.59. The number of rotatable bonds is 4. The van der Waals surface area contributed by atoms with Crippen molar-refractivity contribution in [2.75, 3.05) is 31.7 Å². The standard InChI is InChI=1S/C14H21N3O2/c1-17(10-14(18)6-8-19-9-7-14)12-4-2-11(3-5-12)13(15)16/h2-5,18H,6-10H2,1H3,(H3,15,16). The van der Waals surface area contributed by atoms with E-state index in [-0.39, 0.29) is 5.84 Å². The number of hydrogen-bond acceptors (Lipinski definition) is 4. The molecule has 1 aromatic rings. The van der Waals surface area contributed by atoms with Crippen LogP contribution in [0.1, 0.15) is 18.4 Å². The van der Waals surface area contributed by atoms with E-state index >= 15 is 0 Å². The molecule has 0 saturated carbocycles. The minimum absolute atomic E-state index is 0.0669. The zero-order valence-corrected chi connectivity index (χ0v) is 11.2. The van der Waals surface area contributed by atoms with Gasteiger partial charge in [-0.25, -0.2) is 0 Å². The van der Waals surface area contributed by atoms with Gasteiger partial charge in [-0.1, -0.05) is 0 Å². The van der Waals surface area contributed by atoms with Gasteiger partial charge in [0.1, 0.15) is 5.84 Å². The van der Waals surface area contributed by atoms with E-state index in [1.54, 1.807) is 0 Å². The Balaban J connectivity index is 2.02. The van der Waals surface area contributed by atoms with Crippen LogP contribution < -0.4 is 10.6 Å². The van der Waals surface area contributed by atoms with Gasteiger partial charge in [0.15, 0.2) is 0 Å². The molecule has 5 heteroatoms. The largest absolute Gasteiger partial charge is 0.388 e. The number of amidine groups is 1. The van der Waals surface area contributed by atoms with E-state index < -0.39 is 5.60 Å². The number of nitrogens with one attached hydrogen (secondary N) is 1. The number of nitrogens with zero attached hydrogens (tertiary/aromatic N) is 1. The van der Waals surface area contributed by atoms with Gasteiger partial charge >= 0.3 is 0 Å². The lowest BCUT2D eigenvalue weighted by Gasteiger charge is -2.36. The highest BCUT2D eigenvalue weighted by atomic mass is 16.5. The van der Waals surface area contributed by atoms with E-state index in [1.165, 1.54) is 0 Å². The average Bonchev–Trinajstić information content (AvgIpc) is 2.39. The van der Waals surface area contributed by atoms with Gasteiger partial charge in [0, 0.05) is 50.9 Å². The second-order valence-corrected chi connectivity index (χ2v) is 5.15. The molecule has 1 saturated heterocycles. The molecule has 4 N–H and O–H groups in total. The Kier molecular flexibility index (Phi) is 4.07. The molecule has 1 heterocycles. The minimum Gasteiger partial charge on any atom is -0.388 e. The lowest BCUT2D eigenvalue weighted by atomic mass is 9.94. The minimum atomic E-state index is -0.674. The van der Waals surface area contributed by atoms with Crippen LogP contribution in [0, 0.1) is 5.41 Å². The van der Waals surface area contributed by atoms with Crippen molar-refractivity contribution in [1.29, 1.82) is 5.41 Å². The first-order chi connectivity index (χ1) is 9.00. The molecule has 104 valence electrons. The molecule has 0 aromatic heterocycles. The second-order valence-electron chi connectivity index (χ2n) is 5.15. The van der Waals surface area contributed by atoms with Gasteiger partial charge in [-0.15, -0.1) is 0 Å². The van der Waals surface area contributed by atoms with Gasteiger partial charge in [-0.3, -0.25) is 5.41 Å². The summed E-state index contributed by atoms with van der Waals surface area (Å²) in [6.07, 6.45) is 1.34. The number of aliphatic hydroxyl groups is 1. The predicted molar refractivity (Wildman–Crippen MR) is 75.7 cm³/mol. The molecule has 0 bridgehead atoms. The first kappa shape index (κ1) is 13.8. The summed E-state index contributed by atoms with van der Waals surface area (Å²) in [5.74, 6) is 0.0669. The molecule has 19 heavy (non-hydrogen) atoms. The predicted octanol–water partition coefficient (Wildman–Crippen LogP) is 0.948. The number of anilines is 1. The molecule has 1 aromatic carbocycles. The Bertz CT molecular complexity index is 439. The van der Waals surface area contributed by atoms with Crippen LogP contribution in [-0.4, -0.2) is 43.3 Å². The van der Waals surface area contributed by atoms with Gasteiger partial charge in [0.25, 0.3) is 0 Å². The Morgan fingerprint density at radius 3 is 2.47 bits per heavy atom. The maximum absolute atomic E-state index is 10.5. The molecule has 0 atom stereocenters. The summed E-state index contributed by atoms with van der Waals surface area (Å²) in [7, 11) is 1.95. The fourth-order valence-corrected chi connectivity index (χ4v) is 2.34. The quantitative estimate of drug-likeness (QED) is 0.558. The van der Waals surface area contributed by atoms with Gasteiger partial charge in [-0.05, 0) is 24.3 Å². The number of nitrogens with two attached hydrogens (primary N) is 1. The van der Waals surface area contributed by atoms with Crippen LogP contribution in [-0.2, 0) is 4.74 Å². The van der Waals surface area contributed by atoms with E-state index in [0.717, 1.165) is 5.69 Å². The molecular formula is C14H21N3O2. The van der Waals surface area contributed by atoms with Crippen LogP contribution in [0.4, 0.5) is 5.69 Å². The Morgan fingerprint density at radius 1 is 1.37 bits per heavy atom. The normalized spacial score (nSPS) is 18.0. The highest BCUT2D eigenvalue weighted by Crippen LogP contribution is 2.24. The van der Waals surface area contributed by atoms with Crippen LogP contribution in [0.25, 0.3) is 0 Å². The fourth-order valence-electron chi connectivity index (χ4n) is 2.34. The van der Waals surface area contributed by atoms with E-state index in [0.29, 0.717) is 38.2 Å². The molecule has 1 fully saturated rings. The molecule has 0 aliphatic carbocycles. The Morgan fingerprint density at radius 2 is 1.95 bits per heavy atom. The van der Waals surface area contributed by atoms with Gasteiger partial charge in [0.05, 0.1) is 5.60 Å². The third kappa shape index (κ3) is 3.45.